The molecule has 0 bridgehead atoms. The fraction of sp³-hybridized carbons (Fsp3) is 0.108. The number of amides is 1. The molecule has 6 rings (SSSR count). The Morgan fingerprint density at radius 2 is 1.14 bits per heavy atom. The number of nitrogen functional groups attached to an aromatic ring is 1. The maximum Gasteiger partial charge on any atom is 0.434 e. The number of benzene rings is 4. The monoisotopic (exact) mass is 810 g/mol. The van der Waals surface area contributed by atoms with Gasteiger partial charge in [0.05, 0.1) is 9.79 Å². The molecular formula is C37H38N12O6S2. The normalized spacial score (nSPS) is 11.6. The van der Waals surface area contributed by atoms with Crippen molar-refractivity contribution in [3.63, 3.8) is 0 Å². The summed E-state index contributed by atoms with van der Waals surface area (Å²) >= 11 is 0. The molecule has 0 saturated heterocycles. The van der Waals surface area contributed by atoms with Gasteiger partial charge in [-0.2, -0.15) is 9.97 Å². The summed E-state index contributed by atoms with van der Waals surface area (Å²) in [5, 5.41) is 17.5. The molecule has 294 valence electrons. The van der Waals surface area contributed by atoms with E-state index in [0.717, 1.165) is 5.69 Å². The second-order valence-corrected chi connectivity index (χ2v) is 16.5. The first kappa shape index (κ1) is 39.8. The number of aromatic nitrogens is 4. The van der Waals surface area contributed by atoms with Crippen molar-refractivity contribution in [2.24, 2.45) is 5.14 Å². The standard InChI is InChI=1S/C37H38N12O6S2/c1-37(2,3)49(29-16-14-26(15-17-29)43-33-19-21-40-34(47-33)44-27-6-4-8-30(22-27)56(39,51)52)36(50)55-48-57(53,54)31-9-5-7-28(23-31)45-35-41-20-18-32(46-35)42-25-12-10-24(38)11-13-25/h4-23,48H,38H2,1-3H3,(H2,39,51,52)(H2,40,43,44,47)(H2,41,42,45,46). The second kappa shape index (κ2) is 16.5. The average molecular weight is 811 g/mol. The molecule has 4 aromatic carbocycles. The van der Waals surface area contributed by atoms with Crippen molar-refractivity contribution in [3.05, 3.63) is 122 Å². The van der Waals surface area contributed by atoms with Crippen LogP contribution in [0.4, 0.5) is 62.5 Å². The van der Waals surface area contributed by atoms with Crippen LogP contribution in [0.25, 0.3) is 0 Å². The first-order chi connectivity index (χ1) is 27.0. The molecule has 0 unspecified atom stereocenters. The van der Waals surface area contributed by atoms with Gasteiger partial charge < -0.3 is 31.8 Å². The van der Waals surface area contributed by atoms with Gasteiger partial charge in [-0.1, -0.05) is 12.1 Å². The molecule has 57 heavy (non-hydrogen) atoms. The highest BCUT2D eigenvalue weighted by Gasteiger charge is 2.31. The van der Waals surface area contributed by atoms with E-state index < -0.39 is 31.7 Å². The van der Waals surface area contributed by atoms with Crippen LogP contribution in [0.1, 0.15) is 20.8 Å². The third kappa shape index (κ3) is 10.7. The number of sulfonamides is 2. The summed E-state index contributed by atoms with van der Waals surface area (Å²) in [6.45, 7) is 5.29. The number of primary sulfonamides is 1. The van der Waals surface area contributed by atoms with Gasteiger partial charge in [0.25, 0.3) is 10.0 Å². The Hall–Kier alpha value is -6.87. The van der Waals surface area contributed by atoms with Crippen molar-refractivity contribution in [2.45, 2.75) is 36.1 Å². The van der Waals surface area contributed by atoms with Crippen LogP contribution in [-0.4, -0.2) is 48.4 Å². The van der Waals surface area contributed by atoms with Crippen LogP contribution >= 0.6 is 0 Å². The molecule has 0 fully saturated rings. The van der Waals surface area contributed by atoms with Gasteiger partial charge in [0.1, 0.15) is 11.6 Å². The lowest BCUT2D eigenvalue weighted by molar-refractivity contribution is 0.127. The first-order valence-electron chi connectivity index (χ1n) is 17.0. The number of rotatable bonds is 13. The number of nitrogens with zero attached hydrogens (tertiary/aromatic N) is 5. The van der Waals surface area contributed by atoms with Crippen molar-refractivity contribution >= 4 is 83.8 Å². The molecule has 20 heteroatoms. The summed E-state index contributed by atoms with van der Waals surface area (Å²) in [6, 6.07) is 28.9. The molecular weight excluding hydrogens is 773 g/mol. The predicted molar refractivity (Wildman–Crippen MR) is 218 cm³/mol. The molecule has 1 amide bonds. The SMILES string of the molecule is CC(C)(C)N(C(=O)ONS(=O)(=O)c1cccc(Nc2nccc(Nc3ccc(N)cc3)n2)c1)c1ccc(Nc2ccnc(Nc3cccc(S(N)(=O)=O)c3)n2)cc1. The largest absolute Gasteiger partial charge is 0.434 e. The van der Waals surface area contributed by atoms with E-state index in [-0.39, 0.29) is 21.7 Å². The van der Waals surface area contributed by atoms with E-state index in [9.17, 15) is 21.6 Å². The number of hydrogen-bond donors (Lipinski definition) is 7. The van der Waals surface area contributed by atoms with Crippen molar-refractivity contribution in [1.29, 1.82) is 0 Å². The highest BCUT2D eigenvalue weighted by molar-refractivity contribution is 7.89. The third-order valence-electron chi connectivity index (χ3n) is 7.80. The number of nitrogens with one attached hydrogen (secondary N) is 5. The Bertz CT molecular complexity index is 2610. The highest BCUT2D eigenvalue weighted by Crippen LogP contribution is 2.28. The fourth-order valence-corrected chi connectivity index (χ4v) is 6.61. The maximum absolute atomic E-state index is 13.5. The molecule has 0 atom stereocenters. The summed E-state index contributed by atoms with van der Waals surface area (Å²) in [4.78, 5) is 38.8. The fourth-order valence-electron chi connectivity index (χ4n) is 5.23. The minimum atomic E-state index is -4.34. The van der Waals surface area contributed by atoms with Gasteiger partial charge in [0, 0.05) is 52.1 Å². The number of hydrogen-bond acceptors (Lipinski definition) is 15. The van der Waals surface area contributed by atoms with E-state index in [0.29, 0.717) is 40.1 Å². The molecule has 9 N–H and O–H groups in total. The molecule has 2 heterocycles. The van der Waals surface area contributed by atoms with Crippen molar-refractivity contribution in [3.8, 4) is 0 Å². The van der Waals surface area contributed by atoms with Gasteiger partial charge in [-0.15, -0.1) is 0 Å². The molecule has 18 nitrogen and oxygen atoms in total. The summed E-state index contributed by atoms with van der Waals surface area (Å²) in [7, 11) is -8.24. The summed E-state index contributed by atoms with van der Waals surface area (Å²) < 4.78 is 50.0. The van der Waals surface area contributed by atoms with Gasteiger partial charge in [0.2, 0.25) is 21.9 Å². The molecule has 6 aromatic rings. The predicted octanol–water partition coefficient (Wildman–Crippen LogP) is 6.11. The molecule has 0 saturated carbocycles. The van der Waals surface area contributed by atoms with Gasteiger partial charge in [0.15, 0.2) is 0 Å². The van der Waals surface area contributed by atoms with E-state index in [1.807, 2.05) is 4.89 Å². The molecule has 0 aliphatic carbocycles. The van der Waals surface area contributed by atoms with Crippen LogP contribution in [-0.2, 0) is 24.9 Å². The van der Waals surface area contributed by atoms with Gasteiger partial charge in [-0.3, -0.25) is 4.90 Å². The zero-order valence-electron chi connectivity index (χ0n) is 30.7. The molecule has 0 aliphatic heterocycles. The Morgan fingerprint density at radius 3 is 1.65 bits per heavy atom. The minimum absolute atomic E-state index is 0.0651. The average Bonchev–Trinajstić information content (AvgIpc) is 3.15. The molecule has 0 aliphatic rings. The van der Waals surface area contributed by atoms with Crippen LogP contribution in [0.15, 0.2) is 131 Å². The van der Waals surface area contributed by atoms with Crippen molar-refractivity contribution < 1.29 is 26.5 Å². The molecule has 0 radical (unpaired) electrons. The van der Waals surface area contributed by atoms with Crippen molar-refractivity contribution in [2.75, 3.05) is 31.9 Å². The topological polar surface area (TPSA) is 262 Å². The first-order valence-corrected chi connectivity index (χ1v) is 20.0. The van der Waals surface area contributed by atoms with E-state index >= 15 is 0 Å². The molecule has 2 aromatic heterocycles. The Kier molecular flexibility index (Phi) is 11.5. The number of carbonyl (C=O) groups is 1. The quantitative estimate of drug-likeness (QED) is 0.0513. The Labute approximate surface area is 328 Å². The number of nitrogens with two attached hydrogens (primary N) is 2. The smallest absolute Gasteiger partial charge is 0.399 e. The van der Waals surface area contributed by atoms with Crippen molar-refractivity contribution in [1.82, 2.24) is 24.8 Å². The van der Waals surface area contributed by atoms with E-state index in [1.165, 1.54) is 47.5 Å². The van der Waals surface area contributed by atoms with E-state index in [4.69, 9.17) is 15.7 Å². The number of anilines is 10. The summed E-state index contributed by atoms with van der Waals surface area (Å²) in [5.41, 5.74) is 8.10. The maximum atomic E-state index is 13.5. The Balaban J connectivity index is 1.09. The zero-order chi connectivity index (χ0) is 40.8. The van der Waals surface area contributed by atoms with Crippen LogP contribution in [0.3, 0.4) is 0 Å². The summed E-state index contributed by atoms with van der Waals surface area (Å²) in [5.74, 6) is 1.30. The zero-order valence-corrected chi connectivity index (χ0v) is 32.3. The van der Waals surface area contributed by atoms with Crippen LogP contribution < -0.4 is 41.9 Å². The molecule has 0 spiro atoms. The second-order valence-electron chi connectivity index (χ2n) is 13.3. The summed E-state index contributed by atoms with van der Waals surface area (Å²) in [6.07, 6.45) is 2.08. The van der Waals surface area contributed by atoms with Crippen LogP contribution in [0.2, 0.25) is 0 Å². The minimum Gasteiger partial charge on any atom is -0.399 e. The van der Waals surface area contributed by atoms with E-state index in [2.05, 4.69) is 41.2 Å². The third-order valence-corrected chi connectivity index (χ3v) is 9.89. The van der Waals surface area contributed by atoms with Gasteiger partial charge in [-0.05, 0) is 123 Å². The van der Waals surface area contributed by atoms with E-state index in [1.54, 1.807) is 99.8 Å². The van der Waals surface area contributed by atoms with Crippen LogP contribution in [0.5, 0.6) is 0 Å². The lowest BCUT2D eigenvalue weighted by Crippen LogP contribution is -2.48. The highest BCUT2D eigenvalue weighted by atomic mass is 32.2. The van der Waals surface area contributed by atoms with Crippen LogP contribution in [0, 0.1) is 0 Å². The van der Waals surface area contributed by atoms with Gasteiger partial charge in [-0.25, -0.2) is 36.7 Å². The lowest BCUT2D eigenvalue weighted by Gasteiger charge is -2.34. The number of carbonyl (C=O) groups excluding carboxylic acids is 1. The Morgan fingerprint density at radius 1 is 0.649 bits per heavy atom. The van der Waals surface area contributed by atoms with Gasteiger partial charge >= 0.3 is 6.09 Å². The lowest BCUT2D eigenvalue weighted by atomic mass is 10.1.